The van der Waals surface area contributed by atoms with E-state index in [9.17, 15) is 14.7 Å². The summed E-state index contributed by atoms with van der Waals surface area (Å²) in [6.07, 6.45) is 2.90. The number of fused-ring (bicyclic) bond motifs is 2. The highest BCUT2D eigenvalue weighted by Crippen LogP contribution is 2.39. The summed E-state index contributed by atoms with van der Waals surface area (Å²) in [4.78, 5) is 30.6. The number of ether oxygens (including phenoxy) is 2. The number of rotatable bonds is 5. The van der Waals surface area contributed by atoms with Crippen molar-refractivity contribution >= 4 is 33.2 Å². The number of nitrogens with zero attached hydrogens (tertiary/aromatic N) is 2. The van der Waals surface area contributed by atoms with E-state index in [1.165, 1.54) is 11.3 Å². The van der Waals surface area contributed by atoms with Crippen LogP contribution in [0.15, 0.2) is 29.1 Å². The van der Waals surface area contributed by atoms with Gasteiger partial charge in [-0.25, -0.2) is 9.78 Å². The van der Waals surface area contributed by atoms with Crippen molar-refractivity contribution in [3.63, 3.8) is 0 Å². The molecule has 168 valence electrons. The minimum atomic E-state index is -0.956. The molecule has 1 fully saturated rings. The van der Waals surface area contributed by atoms with E-state index in [1.807, 2.05) is 25.1 Å². The summed E-state index contributed by atoms with van der Waals surface area (Å²) in [6, 6.07) is 7.28. The minimum Gasteiger partial charge on any atom is -0.478 e. The Kier molecular flexibility index (Phi) is 5.71. The summed E-state index contributed by atoms with van der Waals surface area (Å²) in [6.45, 7) is 3.14. The average molecular weight is 456 g/mol. The van der Waals surface area contributed by atoms with Crippen LogP contribution in [0.2, 0.25) is 0 Å². The molecular formula is C23H25N3O5S. The Hall–Kier alpha value is -2.75. The summed E-state index contributed by atoms with van der Waals surface area (Å²) >= 11 is 1.42. The Morgan fingerprint density at radius 1 is 1.31 bits per heavy atom. The number of aryl methyl sites for hydroxylation is 1. The van der Waals surface area contributed by atoms with Gasteiger partial charge >= 0.3 is 5.97 Å². The Morgan fingerprint density at radius 2 is 2.16 bits per heavy atom. The lowest BCUT2D eigenvalue weighted by atomic mass is 10.0. The first-order valence-electron chi connectivity index (χ1n) is 10.8. The molecule has 3 aromatic rings. The van der Waals surface area contributed by atoms with Crippen molar-refractivity contribution in [3.8, 4) is 0 Å². The molecule has 2 unspecified atom stereocenters. The number of aromatic carboxylic acids is 1. The van der Waals surface area contributed by atoms with E-state index in [0.717, 1.165) is 29.7 Å². The number of para-hydroxylation sites is 1. The zero-order valence-corrected chi connectivity index (χ0v) is 18.6. The van der Waals surface area contributed by atoms with Gasteiger partial charge in [-0.05, 0) is 43.9 Å². The Balaban J connectivity index is 1.42. The smallest absolute Gasteiger partial charge is 0.338 e. The first-order valence-corrected chi connectivity index (χ1v) is 11.7. The lowest BCUT2D eigenvalue weighted by Gasteiger charge is -2.25. The van der Waals surface area contributed by atoms with Gasteiger partial charge in [0.2, 0.25) is 0 Å². The van der Waals surface area contributed by atoms with Crippen molar-refractivity contribution in [2.75, 3.05) is 11.9 Å². The molecule has 0 bridgehead atoms. The highest BCUT2D eigenvalue weighted by atomic mass is 32.1. The fourth-order valence-electron chi connectivity index (χ4n) is 4.47. The normalized spacial score (nSPS) is 20.8. The van der Waals surface area contributed by atoms with Gasteiger partial charge in [-0.1, -0.05) is 12.1 Å². The van der Waals surface area contributed by atoms with Gasteiger partial charge in [-0.3, -0.25) is 9.36 Å². The summed E-state index contributed by atoms with van der Waals surface area (Å²) in [7, 11) is 0. The van der Waals surface area contributed by atoms with Gasteiger partial charge in [0, 0.05) is 17.9 Å². The van der Waals surface area contributed by atoms with E-state index in [-0.39, 0.29) is 17.9 Å². The molecule has 1 saturated heterocycles. The molecule has 32 heavy (non-hydrogen) atoms. The quantitative estimate of drug-likeness (QED) is 0.607. The number of carboxylic acids is 1. The van der Waals surface area contributed by atoms with Gasteiger partial charge < -0.3 is 19.9 Å². The third-order valence-corrected chi connectivity index (χ3v) is 7.23. The van der Waals surface area contributed by atoms with Crippen LogP contribution in [-0.4, -0.2) is 39.6 Å². The van der Waals surface area contributed by atoms with Crippen LogP contribution in [0.4, 0.5) is 5.00 Å². The molecule has 2 atom stereocenters. The maximum atomic E-state index is 13.0. The minimum absolute atomic E-state index is 0.108. The summed E-state index contributed by atoms with van der Waals surface area (Å²) in [5, 5.41) is 14.4. The fraction of sp³-hybridized carbons (Fsp3) is 0.435. The molecule has 8 nitrogen and oxygen atoms in total. The molecule has 2 N–H and O–H groups in total. The maximum absolute atomic E-state index is 13.0. The van der Waals surface area contributed by atoms with E-state index < -0.39 is 5.97 Å². The summed E-state index contributed by atoms with van der Waals surface area (Å²) < 4.78 is 13.4. The third kappa shape index (κ3) is 3.92. The monoisotopic (exact) mass is 455 g/mol. The van der Waals surface area contributed by atoms with E-state index in [2.05, 4.69) is 10.3 Å². The molecule has 0 aliphatic carbocycles. The highest BCUT2D eigenvalue weighted by Gasteiger charge is 2.31. The lowest BCUT2D eigenvalue weighted by Crippen LogP contribution is -2.34. The second-order valence-electron chi connectivity index (χ2n) is 8.24. The van der Waals surface area contributed by atoms with Crippen molar-refractivity contribution in [2.24, 2.45) is 0 Å². The van der Waals surface area contributed by atoms with E-state index in [4.69, 9.17) is 9.47 Å². The van der Waals surface area contributed by atoms with Crippen LogP contribution in [-0.2, 0) is 29.0 Å². The van der Waals surface area contributed by atoms with Gasteiger partial charge in [0.25, 0.3) is 5.56 Å². The number of carbonyl (C=O) groups is 1. The van der Waals surface area contributed by atoms with Crippen LogP contribution in [0.3, 0.4) is 0 Å². The van der Waals surface area contributed by atoms with Crippen molar-refractivity contribution in [3.05, 3.63) is 56.4 Å². The zero-order valence-electron chi connectivity index (χ0n) is 17.8. The SMILES string of the molecule is Cc1nc2ccccc2c(=O)n1CC1Cc2c(sc(NC3CCCCO3)c2C(=O)O)CO1. The van der Waals surface area contributed by atoms with Gasteiger partial charge in [-0.15, -0.1) is 11.3 Å². The zero-order chi connectivity index (χ0) is 22.2. The number of anilines is 1. The number of aromatic nitrogens is 2. The van der Waals surface area contributed by atoms with Crippen molar-refractivity contribution in [1.82, 2.24) is 9.55 Å². The topological polar surface area (TPSA) is 103 Å². The van der Waals surface area contributed by atoms with E-state index >= 15 is 0 Å². The lowest BCUT2D eigenvalue weighted by molar-refractivity contribution is 0.0184. The molecule has 2 aromatic heterocycles. The van der Waals surface area contributed by atoms with E-state index in [0.29, 0.717) is 53.5 Å². The Morgan fingerprint density at radius 3 is 2.94 bits per heavy atom. The number of benzene rings is 1. The molecule has 1 aromatic carbocycles. The van der Waals surface area contributed by atoms with Crippen LogP contribution < -0.4 is 10.9 Å². The molecule has 4 heterocycles. The van der Waals surface area contributed by atoms with Crippen molar-refractivity contribution in [2.45, 2.75) is 58.1 Å². The molecule has 2 aliphatic rings. The van der Waals surface area contributed by atoms with Crippen LogP contribution in [0.1, 0.15) is 45.9 Å². The standard InChI is InChI=1S/C23H25N3O5S/c1-13-24-17-7-3-2-6-15(17)22(27)26(13)11-14-10-16-18(12-31-14)32-21(20(16)23(28)29)25-19-8-4-5-9-30-19/h2-3,6-7,14,19,25H,4-5,8-12H2,1H3,(H,28,29). The van der Waals surface area contributed by atoms with Crippen LogP contribution in [0, 0.1) is 6.92 Å². The molecule has 0 spiro atoms. The first-order chi connectivity index (χ1) is 15.5. The van der Waals surface area contributed by atoms with Gasteiger partial charge in [0.1, 0.15) is 17.1 Å². The number of carboxylic acid groups (broad SMARTS) is 1. The molecule has 0 radical (unpaired) electrons. The largest absolute Gasteiger partial charge is 0.478 e. The van der Waals surface area contributed by atoms with Gasteiger partial charge in [0.15, 0.2) is 0 Å². The Bertz CT molecular complexity index is 1230. The molecular weight excluding hydrogens is 430 g/mol. The predicted molar refractivity (Wildman–Crippen MR) is 122 cm³/mol. The average Bonchev–Trinajstić information content (AvgIpc) is 3.14. The van der Waals surface area contributed by atoms with Crippen LogP contribution >= 0.6 is 11.3 Å². The van der Waals surface area contributed by atoms with E-state index in [1.54, 1.807) is 10.6 Å². The number of hydrogen-bond acceptors (Lipinski definition) is 7. The highest BCUT2D eigenvalue weighted by molar-refractivity contribution is 7.16. The second-order valence-corrected chi connectivity index (χ2v) is 9.35. The molecule has 0 amide bonds. The molecule has 5 rings (SSSR count). The van der Waals surface area contributed by atoms with Gasteiger partial charge in [-0.2, -0.15) is 0 Å². The predicted octanol–water partition coefficient (Wildman–Crippen LogP) is 3.54. The molecule has 9 heteroatoms. The number of thiophene rings is 1. The van der Waals surface area contributed by atoms with Crippen LogP contribution in [0.25, 0.3) is 10.9 Å². The summed E-state index contributed by atoms with van der Waals surface area (Å²) in [5.74, 6) is -0.342. The second kappa shape index (κ2) is 8.65. The first kappa shape index (κ1) is 21.1. The Labute approximate surface area is 188 Å². The number of nitrogens with one attached hydrogen (secondary N) is 1. The third-order valence-electron chi connectivity index (χ3n) is 6.10. The van der Waals surface area contributed by atoms with Crippen molar-refractivity contribution < 1.29 is 19.4 Å². The van der Waals surface area contributed by atoms with Crippen molar-refractivity contribution in [1.29, 1.82) is 0 Å². The van der Waals surface area contributed by atoms with Gasteiger partial charge in [0.05, 0.1) is 35.7 Å². The number of hydrogen-bond donors (Lipinski definition) is 2. The summed E-state index contributed by atoms with van der Waals surface area (Å²) in [5.41, 5.74) is 1.65. The maximum Gasteiger partial charge on any atom is 0.338 e. The fourth-order valence-corrected chi connectivity index (χ4v) is 5.65. The molecule has 0 saturated carbocycles. The molecule has 2 aliphatic heterocycles. The van der Waals surface area contributed by atoms with Crippen LogP contribution in [0.5, 0.6) is 0 Å².